The summed E-state index contributed by atoms with van der Waals surface area (Å²) in [7, 11) is 0. The lowest BCUT2D eigenvalue weighted by Crippen LogP contribution is -2.24. The predicted molar refractivity (Wildman–Crippen MR) is 120 cm³/mol. The van der Waals surface area contributed by atoms with Crippen molar-refractivity contribution in [2.45, 2.75) is 17.5 Å². The molecule has 0 fully saturated rings. The molecule has 0 spiro atoms. The molecule has 0 unspecified atom stereocenters. The van der Waals surface area contributed by atoms with Crippen molar-refractivity contribution in [1.29, 1.82) is 0 Å². The summed E-state index contributed by atoms with van der Waals surface area (Å²) in [6.07, 6.45) is 3.25. The van der Waals surface area contributed by atoms with Crippen LogP contribution < -0.4 is 11.1 Å². The number of hydrogen-bond acceptors (Lipinski definition) is 6. The zero-order chi connectivity index (χ0) is 22.1. The van der Waals surface area contributed by atoms with Gasteiger partial charge in [-0.3, -0.25) is 18.6 Å². The van der Waals surface area contributed by atoms with Crippen LogP contribution in [0.1, 0.15) is 11.3 Å². The first kappa shape index (κ1) is 20.1. The maximum Gasteiger partial charge on any atom is 0.263 e. The van der Waals surface area contributed by atoms with Crippen LogP contribution in [0.25, 0.3) is 16.7 Å². The van der Waals surface area contributed by atoms with E-state index < -0.39 is 0 Å². The molecule has 0 N–H and O–H groups in total. The minimum Gasteiger partial charge on any atom is -0.282 e. The van der Waals surface area contributed by atoms with Gasteiger partial charge in [0.1, 0.15) is 11.5 Å². The summed E-state index contributed by atoms with van der Waals surface area (Å²) in [6, 6.07) is 16.2. The van der Waals surface area contributed by atoms with Gasteiger partial charge in [0, 0.05) is 24.2 Å². The van der Waals surface area contributed by atoms with E-state index in [0.717, 1.165) is 5.56 Å². The Hall–Kier alpha value is -3.85. The topological polar surface area (TPSA) is 82.2 Å². The fourth-order valence-electron chi connectivity index (χ4n) is 3.37. The maximum atomic E-state index is 13.3. The van der Waals surface area contributed by atoms with Gasteiger partial charge in [0.05, 0.1) is 17.6 Å². The zero-order valence-electron chi connectivity index (χ0n) is 16.7. The third-order valence-electron chi connectivity index (χ3n) is 4.92. The molecule has 7 nitrogen and oxygen atoms in total. The van der Waals surface area contributed by atoms with Gasteiger partial charge in [0.15, 0.2) is 10.8 Å². The molecule has 0 atom stereocenters. The van der Waals surface area contributed by atoms with Gasteiger partial charge in [-0.15, -0.1) is 0 Å². The largest absolute Gasteiger partial charge is 0.282 e. The molecule has 0 aliphatic carbocycles. The third kappa shape index (κ3) is 3.90. The van der Waals surface area contributed by atoms with Crippen molar-refractivity contribution in [3.05, 3.63) is 111 Å². The Kier molecular flexibility index (Phi) is 5.24. The van der Waals surface area contributed by atoms with E-state index in [1.165, 1.54) is 38.9 Å². The number of rotatable bonds is 5. The number of pyridine rings is 2. The van der Waals surface area contributed by atoms with Crippen LogP contribution in [0, 0.1) is 5.82 Å². The Balaban J connectivity index is 1.54. The predicted octanol–water partition coefficient (Wildman–Crippen LogP) is 3.28. The SMILES string of the molecule is O=c1c2cccnc2nc(SCc2cc(=O)n3ccccc3n2)n1Cc1ccc(F)cc1. The molecule has 32 heavy (non-hydrogen) atoms. The number of aromatic nitrogens is 5. The Morgan fingerprint density at radius 2 is 1.81 bits per heavy atom. The Morgan fingerprint density at radius 1 is 0.969 bits per heavy atom. The van der Waals surface area contributed by atoms with Crippen LogP contribution >= 0.6 is 11.8 Å². The first-order chi connectivity index (χ1) is 15.6. The number of hydrogen-bond donors (Lipinski definition) is 0. The van der Waals surface area contributed by atoms with Crippen molar-refractivity contribution >= 4 is 28.4 Å². The van der Waals surface area contributed by atoms with Crippen LogP contribution in [0.5, 0.6) is 0 Å². The highest BCUT2D eigenvalue weighted by Crippen LogP contribution is 2.21. The van der Waals surface area contributed by atoms with Crippen molar-refractivity contribution in [2.24, 2.45) is 0 Å². The van der Waals surface area contributed by atoms with Gasteiger partial charge in [-0.05, 0) is 42.0 Å². The number of thioether (sulfide) groups is 1. The van der Waals surface area contributed by atoms with Crippen LogP contribution in [-0.2, 0) is 12.3 Å². The van der Waals surface area contributed by atoms with E-state index >= 15 is 0 Å². The van der Waals surface area contributed by atoms with Crippen molar-refractivity contribution in [3.8, 4) is 0 Å². The summed E-state index contributed by atoms with van der Waals surface area (Å²) < 4.78 is 16.3. The molecule has 0 saturated carbocycles. The number of nitrogens with zero attached hydrogens (tertiary/aromatic N) is 5. The fourth-order valence-corrected chi connectivity index (χ4v) is 4.25. The van der Waals surface area contributed by atoms with E-state index in [4.69, 9.17) is 0 Å². The van der Waals surface area contributed by atoms with Gasteiger partial charge in [-0.2, -0.15) is 0 Å². The van der Waals surface area contributed by atoms with Gasteiger partial charge in [-0.1, -0.05) is 30.0 Å². The van der Waals surface area contributed by atoms with Crippen LogP contribution in [-0.4, -0.2) is 23.9 Å². The van der Waals surface area contributed by atoms with Gasteiger partial charge in [0.25, 0.3) is 11.1 Å². The molecule has 0 saturated heterocycles. The van der Waals surface area contributed by atoms with Gasteiger partial charge in [-0.25, -0.2) is 19.3 Å². The first-order valence-corrected chi connectivity index (χ1v) is 10.8. The van der Waals surface area contributed by atoms with Crippen LogP contribution in [0.3, 0.4) is 0 Å². The van der Waals surface area contributed by atoms with E-state index in [0.29, 0.717) is 33.3 Å². The van der Waals surface area contributed by atoms with E-state index in [2.05, 4.69) is 15.0 Å². The van der Waals surface area contributed by atoms with Crippen molar-refractivity contribution in [2.75, 3.05) is 0 Å². The molecular weight excluding hydrogens is 429 g/mol. The molecular formula is C23H16FN5O2S. The highest BCUT2D eigenvalue weighted by atomic mass is 32.2. The van der Waals surface area contributed by atoms with Crippen molar-refractivity contribution in [3.63, 3.8) is 0 Å². The van der Waals surface area contributed by atoms with E-state index in [1.807, 2.05) is 6.07 Å². The molecule has 0 aliphatic heterocycles. The summed E-state index contributed by atoms with van der Waals surface area (Å²) in [5.41, 5.74) is 1.83. The summed E-state index contributed by atoms with van der Waals surface area (Å²) >= 11 is 1.30. The fraction of sp³-hybridized carbons (Fsp3) is 0.0870. The van der Waals surface area contributed by atoms with Gasteiger partial charge >= 0.3 is 0 Å². The molecule has 5 rings (SSSR count). The van der Waals surface area contributed by atoms with E-state index in [-0.39, 0.29) is 23.5 Å². The highest BCUT2D eigenvalue weighted by Gasteiger charge is 2.14. The Labute approximate surface area is 185 Å². The number of benzene rings is 1. The molecule has 1 aromatic carbocycles. The Morgan fingerprint density at radius 3 is 2.66 bits per heavy atom. The molecule has 0 bridgehead atoms. The van der Waals surface area contributed by atoms with Crippen molar-refractivity contribution in [1.82, 2.24) is 23.9 Å². The monoisotopic (exact) mass is 445 g/mol. The number of fused-ring (bicyclic) bond motifs is 2. The summed E-state index contributed by atoms with van der Waals surface area (Å²) in [5.74, 6) is -0.000314. The standard InChI is InChI=1S/C23H16FN5O2S/c24-16-8-6-15(7-9-16)13-29-22(31)18-4-3-10-25-21(18)27-23(29)32-14-17-12-20(30)28-11-2-1-5-19(28)26-17/h1-12H,13-14H2. The average molecular weight is 445 g/mol. The quantitative estimate of drug-likeness (QED) is 0.305. The minimum absolute atomic E-state index is 0.178. The molecule has 5 aromatic rings. The second kappa shape index (κ2) is 8.35. The smallest absolute Gasteiger partial charge is 0.263 e. The maximum absolute atomic E-state index is 13.3. The van der Waals surface area contributed by atoms with Gasteiger partial charge in [0.2, 0.25) is 0 Å². The average Bonchev–Trinajstić information content (AvgIpc) is 2.81. The van der Waals surface area contributed by atoms with Crippen LogP contribution in [0.15, 0.2) is 87.8 Å². The second-order valence-corrected chi connectivity index (χ2v) is 8.03. The molecule has 4 heterocycles. The summed E-state index contributed by atoms with van der Waals surface area (Å²) in [6.45, 7) is 0.229. The highest BCUT2D eigenvalue weighted by molar-refractivity contribution is 7.98. The second-order valence-electron chi connectivity index (χ2n) is 7.09. The van der Waals surface area contributed by atoms with Crippen LogP contribution in [0.4, 0.5) is 4.39 Å². The molecule has 0 aliphatic rings. The summed E-state index contributed by atoms with van der Waals surface area (Å²) in [5, 5.41) is 0.849. The molecule has 0 radical (unpaired) electrons. The van der Waals surface area contributed by atoms with Gasteiger partial charge < -0.3 is 0 Å². The molecule has 9 heteroatoms. The zero-order valence-corrected chi connectivity index (χ0v) is 17.5. The number of halogens is 1. The van der Waals surface area contributed by atoms with Crippen molar-refractivity contribution < 1.29 is 4.39 Å². The molecule has 4 aromatic heterocycles. The van der Waals surface area contributed by atoms with E-state index in [1.54, 1.807) is 48.8 Å². The first-order valence-electron chi connectivity index (χ1n) is 9.78. The van der Waals surface area contributed by atoms with E-state index in [9.17, 15) is 14.0 Å². The third-order valence-corrected chi connectivity index (χ3v) is 5.93. The lowest BCUT2D eigenvalue weighted by Gasteiger charge is -2.13. The lowest BCUT2D eigenvalue weighted by atomic mass is 10.2. The normalized spacial score (nSPS) is 11.3. The lowest BCUT2D eigenvalue weighted by molar-refractivity contribution is 0.622. The van der Waals surface area contributed by atoms with Crippen LogP contribution in [0.2, 0.25) is 0 Å². The molecule has 158 valence electrons. The summed E-state index contributed by atoms with van der Waals surface area (Å²) in [4.78, 5) is 38.9. The minimum atomic E-state index is -0.342. The molecule has 0 amide bonds. The Bertz CT molecular complexity index is 1560.